The molecule has 0 aliphatic heterocycles. The van der Waals surface area contributed by atoms with Crippen LogP contribution in [-0.2, 0) is 22.3 Å². The van der Waals surface area contributed by atoms with Gasteiger partial charge in [-0.15, -0.1) is 0 Å². The summed E-state index contributed by atoms with van der Waals surface area (Å²) < 4.78 is 77.3. The third-order valence-corrected chi connectivity index (χ3v) is 11.3. The first-order valence-electron chi connectivity index (χ1n) is 12.6. The highest BCUT2D eigenvalue weighted by molar-refractivity contribution is 7.75. The summed E-state index contributed by atoms with van der Waals surface area (Å²) in [6.07, 6.45) is 0. The van der Waals surface area contributed by atoms with Gasteiger partial charge in [0.05, 0.1) is 5.30 Å². The quantitative estimate of drug-likeness (QED) is 0.119. The van der Waals surface area contributed by atoms with E-state index in [9.17, 15) is 13.7 Å². The molecule has 0 atom stereocenters. The Hall–Kier alpha value is -4.09. The van der Waals surface area contributed by atoms with Crippen LogP contribution in [0.2, 0.25) is 0 Å². The highest BCUT2D eigenvalue weighted by Gasteiger charge is 2.50. The lowest BCUT2D eigenvalue weighted by atomic mass is 10.3. The van der Waals surface area contributed by atoms with Gasteiger partial charge in [0, 0.05) is 0 Å². The van der Waals surface area contributed by atoms with Crippen LogP contribution in [0.15, 0.2) is 152 Å². The van der Waals surface area contributed by atoms with Gasteiger partial charge in [-0.1, -0.05) is 91.0 Å². The maximum absolute atomic E-state index is 14.7. The van der Waals surface area contributed by atoms with Gasteiger partial charge in [-0.3, -0.25) is 4.57 Å². The summed E-state index contributed by atoms with van der Waals surface area (Å²) in [6.45, 7) is 0. The minimum atomic E-state index is -4.89. The zero-order valence-corrected chi connectivity index (χ0v) is 24.6. The largest absolute Gasteiger partial charge is 0.595 e. The minimum Gasteiger partial charge on any atom is -0.395 e. The fourth-order valence-corrected chi connectivity index (χ4v) is 9.44. The van der Waals surface area contributed by atoms with Crippen LogP contribution >= 0.6 is 23.2 Å². The van der Waals surface area contributed by atoms with Crippen molar-refractivity contribution < 1.29 is 40.4 Å². The molecule has 0 saturated heterocycles. The Morgan fingerprint density at radius 2 is 0.571 bits per heavy atom. The molecule has 0 aliphatic rings. The van der Waals surface area contributed by atoms with Crippen molar-refractivity contribution in [2.24, 2.45) is 0 Å². The van der Waals surface area contributed by atoms with E-state index >= 15 is 0 Å². The number of phosphoric acid groups is 2. The van der Waals surface area contributed by atoms with Crippen LogP contribution in [0.25, 0.3) is 0 Å². The van der Waals surface area contributed by atoms with Crippen molar-refractivity contribution in [1.29, 1.82) is 0 Å². The minimum absolute atomic E-state index is 0.0978. The average molecular weight is 622 g/mol. The van der Waals surface area contributed by atoms with Gasteiger partial charge in [-0.2, -0.15) is 8.62 Å². The number of benzene rings is 5. The van der Waals surface area contributed by atoms with Crippen molar-refractivity contribution in [3.05, 3.63) is 152 Å². The van der Waals surface area contributed by atoms with Crippen molar-refractivity contribution >= 4 is 28.5 Å². The van der Waals surface area contributed by atoms with Crippen molar-refractivity contribution in [3.63, 3.8) is 0 Å². The molecule has 5 rings (SSSR count). The predicted octanol–water partition coefficient (Wildman–Crippen LogP) is 9.07. The van der Waals surface area contributed by atoms with Gasteiger partial charge >= 0.3 is 23.2 Å². The van der Waals surface area contributed by atoms with E-state index < -0.39 is 23.2 Å². The summed E-state index contributed by atoms with van der Waals surface area (Å²) in [5, 5.41) is -0.105. The third kappa shape index (κ3) is 8.01. The monoisotopic (exact) mass is 622 g/mol. The van der Waals surface area contributed by atoms with Crippen LogP contribution in [0.3, 0.4) is 0 Å². The fraction of sp³-hybridized carbons (Fsp3) is 0. The Bertz CT molecular complexity index is 1510. The summed E-state index contributed by atoms with van der Waals surface area (Å²) in [5.41, 5.74) is 0. The summed E-state index contributed by atoms with van der Waals surface area (Å²) in [7, 11) is -14.5. The molecule has 0 aliphatic carbocycles. The molecule has 0 spiro atoms. The predicted molar refractivity (Wildman–Crippen MR) is 159 cm³/mol. The summed E-state index contributed by atoms with van der Waals surface area (Å²) in [5.74, 6) is 0.391. The van der Waals surface area contributed by atoms with Gasteiger partial charge in [0.15, 0.2) is 0 Å². The van der Waals surface area contributed by atoms with Crippen LogP contribution in [-0.4, -0.2) is 0 Å². The lowest BCUT2D eigenvalue weighted by molar-refractivity contribution is 0.258. The van der Waals surface area contributed by atoms with Gasteiger partial charge in [-0.05, 0) is 60.7 Å². The van der Waals surface area contributed by atoms with Crippen molar-refractivity contribution in [3.8, 4) is 23.0 Å². The van der Waals surface area contributed by atoms with Crippen LogP contribution in [0.5, 0.6) is 23.0 Å². The van der Waals surface area contributed by atoms with Crippen molar-refractivity contribution in [1.82, 2.24) is 0 Å². The van der Waals surface area contributed by atoms with E-state index in [1.165, 1.54) is 60.7 Å². The molecule has 0 saturated carbocycles. The molecule has 214 valence electrons. The summed E-state index contributed by atoms with van der Waals surface area (Å²) in [6, 6.07) is 39.7. The Morgan fingerprint density at radius 3 is 0.833 bits per heavy atom. The van der Waals surface area contributed by atoms with E-state index in [1.54, 1.807) is 91.0 Å². The van der Waals surface area contributed by atoms with Crippen LogP contribution in [0.4, 0.5) is 0 Å². The maximum Gasteiger partial charge on any atom is 0.595 e. The molecular weight excluding hydrogens is 597 g/mol. The fourth-order valence-electron chi connectivity index (χ4n) is 3.53. The van der Waals surface area contributed by atoms with Gasteiger partial charge in [-0.25, -0.2) is 9.13 Å². The lowest BCUT2D eigenvalue weighted by Gasteiger charge is -2.26. The van der Waals surface area contributed by atoms with Crippen LogP contribution < -0.4 is 23.4 Å². The van der Waals surface area contributed by atoms with E-state index in [2.05, 4.69) is 0 Å². The highest BCUT2D eigenvalue weighted by atomic mass is 31.3. The first kappa shape index (κ1) is 29.4. The molecule has 0 radical (unpaired) electrons. The second-order valence-corrected chi connectivity index (χ2v) is 13.8. The number of phosphoric ester groups is 2. The van der Waals surface area contributed by atoms with Crippen molar-refractivity contribution in [2.45, 2.75) is 0 Å². The number of rotatable bonds is 13. The normalized spacial score (nSPS) is 11.8. The molecule has 12 heteroatoms. The van der Waals surface area contributed by atoms with E-state index in [0.29, 0.717) is 0 Å². The Kier molecular flexibility index (Phi) is 9.28. The lowest BCUT2D eigenvalue weighted by Crippen LogP contribution is -2.15. The Labute approximate surface area is 243 Å². The molecule has 0 fully saturated rings. The molecule has 0 unspecified atom stereocenters. The van der Waals surface area contributed by atoms with Crippen LogP contribution in [0, 0.1) is 0 Å². The van der Waals surface area contributed by atoms with E-state index in [1.807, 2.05) is 0 Å². The van der Waals surface area contributed by atoms with E-state index in [-0.39, 0.29) is 28.3 Å². The Balaban J connectivity index is 1.57. The SMILES string of the molecule is O=P(Oc1ccccc1)(Oc1ccccc1)OP(=O)(OP(=O)(Oc1ccccc1)Oc1ccccc1)c1ccccc1. The molecule has 0 amide bonds. The van der Waals surface area contributed by atoms with E-state index in [4.69, 9.17) is 26.7 Å². The molecule has 5 aromatic carbocycles. The smallest absolute Gasteiger partial charge is 0.395 e. The van der Waals surface area contributed by atoms with Crippen molar-refractivity contribution in [2.75, 3.05) is 0 Å². The zero-order valence-electron chi connectivity index (χ0n) is 21.9. The Morgan fingerprint density at radius 1 is 0.333 bits per heavy atom. The second-order valence-electron chi connectivity index (χ2n) is 8.51. The van der Waals surface area contributed by atoms with Gasteiger partial charge in [0.1, 0.15) is 23.0 Å². The molecule has 5 aromatic rings. The standard InChI is InChI=1S/C30H25O9P3/c31-40(30-24-14-5-15-25-30,38-41(32,34-26-16-6-1-7-17-26)35-27-18-8-2-9-19-27)39-42(33,36-28-20-10-3-11-21-28)37-29-22-12-4-13-23-29/h1-25H. The highest BCUT2D eigenvalue weighted by Crippen LogP contribution is 2.71. The first-order valence-corrected chi connectivity index (χ1v) is 17.1. The molecule has 0 heterocycles. The van der Waals surface area contributed by atoms with Gasteiger partial charge in [0.2, 0.25) is 0 Å². The van der Waals surface area contributed by atoms with Gasteiger partial charge < -0.3 is 18.1 Å². The van der Waals surface area contributed by atoms with Gasteiger partial charge in [0.25, 0.3) is 0 Å². The van der Waals surface area contributed by atoms with E-state index in [0.717, 1.165) is 0 Å². The first-order chi connectivity index (χ1) is 20.3. The molecule has 0 aromatic heterocycles. The zero-order chi connectivity index (χ0) is 29.3. The molecular formula is C30H25O9P3. The number of hydrogen-bond acceptors (Lipinski definition) is 9. The maximum atomic E-state index is 14.7. The molecule has 9 nitrogen and oxygen atoms in total. The summed E-state index contributed by atoms with van der Waals surface area (Å²) >= 11 is 0. The average Bonchev–Trinajstić information content (AvgIpc) is 2.99. The number of para-hydroxylation sites is 4. The molecule has 0 bridgehead atoms. The van der Waals surface area contributed by atoms with Crippen LogP contribution in [0.1, 0.15) is 0 Å². The third-order valence-electron chi connectivity index (χ3n) is 5.33. The topological polar surface area (TPSA) is 107 Å². The second kappa shape index (κ2) is 13.3. The summed E-state index contributed by atoms with van der Waals surface area (Å²) in [4.78, 5) is 0. The molecule has 42 heavy (non-hydrogen) atoms. The molecule has 0 N–H and O–H groups in total. The number of hydrogen-bond donors (Lipinski definition) is 0.